The van der Waals surface area contributed by atoms with E-state index in [0.29, 0.717) is 6.42 Å². The van der Waals surface area contributed by atoms with Crippen molar-refractivity contribution in [2.75, 3.05) is 0 Å². The minimum atomic E-state index is -0.934. The van der Waals surface area contributed by atoms with Crippen molar-refractivity contribution in [1.29, 1.82) is 0 Å². The van der Waals surface area contributed by atoms with Gasteiger partial charge in [0, 0.05) is 0 Å². The molecular formula is C18H28O3. The number of rotatable bonds is 12. The van der Waals surface area contributed by atoms with Gasteiger partial charge in [-0.3, -0.25) is 4.79 Å². The van der Waals surface area contributed by atoms with E-state index in [9.17, 15) is 9.90 Å². The van der Waals surface area contributed by atoms with Gasteiger partial charge in [-0.05, 0) is 25.7 Å². The molecule has 0 saturated heterocycles. The van der Waals surface area contributed by atoms with Gasteiger partial charge in [0.1, 0.15) is 0 Å². The first-order chi connectivity index (χ1) is 10.2. The minimum absolute atomic E-state index is 0.147. The van der Waals surface area contributed by atoms with E-state index in [-0.39, 0.29) is 6.42 Å². The van der Waals surface area contributed by atoms with E-state index in [4.69, 9.17) is 5.11 Å². The largest absolute Gasteiger partial charge is 0.481 e. The Balaban J connectivity index is 3.48. The quantitative estimate of drug-likeness (QED) is 0.414. The molecule has 0 aromatic rings. The predicted octanol–water partition coefficient (Wildman–Crippen LogP) is 4.41. The summed E-state index contributed by atoms with van der Waals surface area (Å²) in [5.41, 5.74) is 0. The third kappa shape index (κ3) is 16.3. The topological polar surface area (TPSA) is 57.5 Å². The van der Waals surface area contributed by atoms with Gasteiger partial charge in [-0.1, -0.05) is 68.4 Å². The maximum absolute atomic E-state index is 10.4. The summed E-state index contributed by atoms with van der Waals surface area (Å²) in [4.78, 5) is 10.4. The van der Waals surface area contributed by atoms with Gasteiger partial charge in [0.25, 0.3) is 0 Å². The Morgan fingerprint density at radius 2 is 1.57 bits per heavy atom. The summed E-state index contributed by atoms with van der Waals surface area (Å²) in [6.45, 7) is 2.11. The average Bonchev–Trinajstić information content (AvgIpc) is 2.43. The van der Waals surface area contributed by atoms with Crippen LogP contribution in [-0.2, 0) is 4.79 Å². The highest BCUT2D eigenvalue weighted by molar-refractivity contribution is 5.67. The van der Waals surface area contributed by atoms with Crippen LogP contribution in [0.1, 0.15) is 51.9 Å². The molecule has 0 aliphatic carbocycles. The fourth-order valence-corrected chi connectivity index (χ4v) is 1.77. The van der Waals surface area contributed by atoms with Crippen LogP contribution in [0.3, 0.4) is 0 Å². The van der Waals surface area contributed by atoms with Crippen molar-refractivity contribution in [2.24, 2.45) is 0 Å². The summed E-state index contributed by atoms with van der Waals surface area (Å²) >= 11 is 0. The molecule has 0 rings (SSSR count). The van der Waals surface area contributed by atoms with E-state index in [2.05, 4.69) is 19.1 Å². The number of hydrogen-bond donors (Lipinski definition) is 2. The first-order valence-electron chi connectivity index (χ1n) is 7.71. The number of hydrogen-bond acceptors (Lipinski definition) is 2. The average molecular weight is 292 g/mol. The Morgan fingerprint density at radius 1 is 0.952 bits per heavy atom. The smallest absolute Gasteiger partial charge is 0.305 e. The number of carbonyl (C=O) groups is 1. The summed E-state index contributed by atoms with van der Waals surface area (Å²) in [6.07, 6.45) is 21.1. The van der Waals surface area contributed by atoms with Crippen molar-refractivity contribution in [1.82, 2.24) is 0 Å². The number of allylic oxidation sites excluding steroid dienone is 8. The summed E-state index contributed by atoms with van der Waals surface area (Å²) in [7, 11) is 0. The molecule has 21 heavy (non-hydrogen) atoms. The number of aliphatic carboxylic acids is 1. The number of aliphatic hydroxyl groups excluding tert-OH is 1. The molecule has 0 bridgehead atoms. The number of unbranched alkanes of at least 4 members (excludes halogenated alkanes) is 3. The van der Waals surface area contributed by atoms with Crippen molar-refractivity contribution in [2.45, 2.75) is 58.0 Å². The summed E-state index contributed by atoms with van der Waals surface area (Å²) in [5, 5.41) is 17.9. The summed E-state index contributed by atoms with van der Waals surface area (Å²) in [6, 6.07) is 0. The molecule has 118 valence electrons. The fraction of sp³-hybridized carbons (Fsp3) is 0.500. The van der Waals surface area contributed by atoms with Gasteiger partial charge in [0.15, 0.2) is 0 Å². The molecule has 0 amide bonds. The van der Waals surface area contributed by atoms with Crippen LogP contribution in [0.4, 0.5) is 0 Å². The highest BCUT2D eigenvalue weighted by Gasteiger charge is 2.08. The molecule has 0 fully saturated rings. The van der Waals surface area contributed by atoms with E-state index in [0.717, 1.165) is 32.1 Å². The maximum atomic E-state index is 10.4. The van der Waals surface area contributed by atoms with E-state index in [1.165, 1.54) is 0 Å². The van der Waals surface area contributed by atoms with Crippen molar-refractivity contribution >= 4 is 5.97 Å². The lowest BCUT2D eigenvalue weighted by Gasteiger charge is -2.06. The Labute approximate surface area is 128 Å². The van der Waals surface area contributed by atoms with Crippen molar-refractivity contribution < 1.29 is 15.0 Å². The van der Waals surface area contributed by atoms with Crippen LogP contribution in [-0.4, -0.2) is 22.3 Å². The first kappa shape index (κ1) is 19.4. The van der Waals surface area contributed by atoms with Gasteiger partial charge in [0.2, 0.25) is 0 Å². The van der Waals surface area contributed by atoms with Crippen LogP contribution in [0, 0.1) is 0 Å². The zero-order valence-electron chi connectivity index (χ0n) is 12.9. The van der Waals surface area contributed by atoms with Crippen molar-refractivity contribution in [3.05, 3.63) is 48.6 Å². The Hall–Kier alpha value is -1.61. The van der Waals surface area contributed by atoms with Gasteiger partial charge in [-0.15, -0.1) is 0 Å². The second kappa shape index (κ2) is 14.8. The molecule has 0 aromatic carbocycles. The van der Waals surface area contributed by atoms with Crippen LogP contribution in [0.2, 0.25) is 0 Å². The first-order valence-corrected chi connectivity index (χ1v) is 7.71. The zero-order chi connectivity index (χ0) is 15.8. The lowest BCUT2D eigenvalue weighted by Crippen LogP contribution is -2.12. The molecular weight excluding hydrogens is 264 g/mol. The maximum Gasteiger partial charge on any atom is 0.305 e. The van der Waals surface area contributed by atoms with Gasteiger partial charge in [-0.2, -0.15) is 0 Å². The molecule has 0 aromatic heterocycles. The molecule has 1 unspecified atom stereocenters. The van der Waals surface area contributed by atoms with E-state index in [1.54, 1.807) is 0 Å². The van der Waals surface area contributed by atoms with Crippen LogP contribution in [0.5, 0.6) is 0 Å². The predicted molar refractivity (Wildman–Crippen MR) is 88.2 cm³/mol. The van der Waals surface area contributed by atoms with E-state index in [1.807, 2.05) is 36.5 Å². The second-order valence-corrected chi connectivity index (χ2v) is 4.92. The molecule has 1 atom stereocenters. The van der Waals surface area contributed by atoms with E-state index >= 15 is 0 Å². The normalized spacial score (nSPS) is 14.0. The zero-order valence-corrected chi connectivity index (χ0v) is 12.9. The Morgan fingerprint density at radius 3 is 2.19 bits per heavy atom. The Kier molecular flexibility index (Phi) is 13.7. The summed E-state index contributed by atoms with van der Waals surface area (Å²) in [5.74, 6) is -0.934. The molecule has 3 nitrogen and oxygen atoms in total. The van der Waals surface area contributed by atoms with Gasteiger partial charge in [-0.25, -0.2) is 0 Å². The molecule has 0 radical (unpaired) electrons. The van der Waals surface area contributed by atoms with E-state index < -0.39 is 12.1 Å². The van der Waals surface area contributed by atoms with Crippen LogP contribution < -0.4 is 0 Å². The highest BCUT2D eigenvalue weighted by Crippen LogP contribution is 2.08. The minimum Gasteiger partial charge on any atom is -0.481 e. The van der Waals surface area contributed by atoms with Crippen molar-refractivity contribution in [3.63, 3.8) is 0 Å². The second-order valence-electron chi connectivity index (χ2n) is 4.92. The highest BCUT2D eigenvalue weighted by atomic mass is 16.4. The number of carboxylic acid groups (broad SMARTS) is 1. The summed E-state index contributed by atoms with van der Waals surface area (Å²) < 4.78 is 0. The molecule has 3 heteroatoms. The number of aliphatic hydroxyl groups is 1. The monoisotopic (exact) mass is 292 g/mol. The standard InChI is InChI=1S/C18H28O3/c1-2-3-4-5-6-7-8-9-10-11-12-13-14-15-17(19)16-18(20)21/h3-10,17,19H,2,11-16H2,1H3,(H,20,21). The third-order valence-electron chi connectivity index (χ3n) is 2.88. The van der Waals surface area contributed by atoms with Crippen LogP contribution in [0.15, 0.2) is 48.6 Å². The lowest BCUT2D eigenvalue weighted by atomic mass is 10.1. The molecule has 0 aliphatic heterocycles. The van der Waals surface area contributed by atoms with Crippen molar-refractivity contribution in [3.8, 4) is 0 Å². The molecule has 0 aliphatic rings. The lowest BCUT2D eigenvalue weighted by molar-refractivity contribution is -0.139. The third-order valence-corrected chi connectivity index (χ3v) is 2.88. The van der Waals surface area contributed by atoms with Crippen LogP contribution >= 0.6 is 0 Å². The Bertz CT molecular complexity index is 365. The molecule has 0 spiro atoms. The number of carboxylic acids is 1. The van der Waals surface area contributed by atoms with Crippen LogP contribution in [0.25, 0.3) is 0 Å². The fourth-order valence-electron chi connectivity index (χ4n) is 1.77. The molecule has 0 heterocycles. The van der Waals surface area contributed by atoms with Gasteiger partial charge < -0.3 is 10.2 Å². The SMILES string of the molecule is CCC=CC=CC=CC=CCCCCCC(O)CC(=O)O. The van der Waals surface area contributed by atoms with Gasteiger partial charge >= 0.3 is 5.97 Å². The molecule has 0 saturated carbocycles. The van der Waals surface area contributed by atoms with Gasteiger partial charge in [0.05, 0.1) is 12.5 Å². The molecule has 2 N–H and O–H groups in total.